The molecule has 1 aliphatic rings. The molecule has 0 atom stereocenters. The third-order valence-corrected chi connectivity index (χ3v) is 4.85. The Bertz CT molecular complexity index is 592. The Hall–Kier alpha value is -0.900. The Morgan fingerprint density at radius 1 is 1.45 bits per heavy atom. The Morgan fingerprint density at radius 2 is 2.10 bits per heavy atom. The molecule has 1 fully saturated rings. The van der Waals surface area contributed by atoms with Gasteiger partial charge in [-0.1, -0.05) is 0 Å². The maximum absolute atomic E-state index is 11.9. The summed E-state index contributed by atoms with van der Waals surface area (Å²) in [5.41, 5.74) is 0. The zero-order chi connectivity index (χ0) is 14.8. The van der Waals surface area contributed by atoms with E-state index in [1.165, 1.54) is 0 Å². The molecule has 1 aliphatic heterocycles. The lowest BCUT2D eigenvalue weighted by Gasteiger charge is -2.21. The molecular weight excluding hydrogens is 352 g/mol. The predicted octanol–water partition coefficient (Wildman–Crippen LogP) is 0.846. The first-order valence-electron chi connectivity index (χ1n) is 6.06. The highest BCUT2D eigenvalue weighted by atomic mass is 79.9. The molecule has 0 radical (unpaired) electrons. The average molecular weight is 367 g/mol. The molecule has 0 saturated carbocycles. The van der Waals surface area contributed by atoms with E-state index in [2.05, 4.69) is 21.2 Å². The molecule has 2 heterocycles. The van der Waals surface area contributed by atoms with E-state index in [4.69, 9.17) is 14.3 Å². The standard InChI is InChI=1S/C11H15BrN2O5S/c12-10-9(20(13,16)17)5-8(19-10)11(15)14-6-7-1-3-18-4-2-7/h5,7H,1-4,6H2,(H,14,15)(H2,13,16,17). The van der Waals surface area contributed by atoms with E-state index in [9.17, 15) is 13.2 Å². The van der Waals surface area contributed by atoms with Crippen LogP contribution in [0.25, 0.3) is 0 Å². The Kier molecular flexibility index (Phi) is 4.84. The normalized spacial score (nSPS) is 17.1. The lowest BCUT2D eigenvalue weighted by molar-refractivity contribution is 0.0638. The number of carbonyl (C=O) groups excluding carboxylic acids is 1. The monoisotopic (exact) mass is 366 g/mol. The summed E-state index contributed by atoms with van der Waals surface area (Å²) in [4.78, 5) is 11.6. The second-order valence-electron chi connectivity index (χ2n) is 4.56. The van der Waals surface area contributed by atoms with Gasteiger partial charge in [0.1, 0.15) is 4.90 Å². The molecule has 3 N–H and O–H groups in total. The van der Waals surface area contributed by atoms with Gasteiger partial charge in [0.05, 0.1) is 0 Å². The summed E-state index contributed by atoms with van der Waals surface area (Å²) in [6, 6.07) is 1.11. The number of furan rings is 1. The Labute approximate surface area is 125 Å². The van der Waals surface area contributed by atoms with E-state index in [0.29, 0.717) is 25.7 Å². The van der Waals surface area contributed by atoms with Crippen molar-refractivity contribution in [3.63, 3.8) is 0 Å². The van der Waals surface area contributed by atoms with Gasteiger partial charge in [-0.2, -0.15) is 0 Å². The van der Waals surface area contributed by atoms with Gasteiger partial charge < -0.3 is 14.5 Å². The number of ether oxygens (including phenoxy) is 1. The van der Waals surface area contributed by atoms with E-state index in [-0.39, 0.29) is 15.3 Å². The lowest BCUT2D eigenvalue weighted by atomic mass is 10.0. The summed E-state index contributed by atoms with van der Waals surface area (Å²) < 4.78 is 32.7. The smallest absolute Gasteiger partial charge is 0.287 e. The van der Waals surface area contributed by atoms with Crippen molar-refractivity contribution >= 4 is 31.9 Å². The number of primary sulfonamides is 1. The fourth-order valence-corrected chi connectivity index (χ4v) is 3.44. The zero-order valence-electron chi connectivity index (χ0n) is 10.6. The molecule has 0 unspecified atom stereocenters. The van der Waals surface area contributed by atoms with E-state index in [0.717, 1.165) is 18.9 Å². The predicted molar refractivity (Wildman–Crippen MR) is 73.7 cm³/mol. The first kappa shape index (κ1) is 15.5. The topological polar surface area (TPSA) is 112 Å². The third kappa shape index (κ3) is 3.81. The van der Waals surface area contributed by atoms with Crippen molar-refractivity contribution in [3.8, 4) is 0 Å². The van der Waals surface area contributed by atoms with Gasteiger partial charge in [-0.3, -0.25) is 4.79 Å². The van der Waals surface area contributed by atoms with E-state index in [1.807, 2.05) is 0 Å². The second kappa shape index (κ2) is 6.25. The van der Waals surface area contributed by atoms with Gasteiger partial charge in [-0.05, 0) is 34.7 Å². The summed E-state index contributed by atoms with van der Waals surface area (Å²) in [6.45, 7) is 1.90. The number of carbonyl (C=O) groups is 1. The molecule has 7 nitrogen and oxygen atoms in total. The molecule has 1 aromatic rings. The minimum atomic E-state index is -3.92. The van der Waals surface area contributed by atoms with E-state index < -0.39 is 15.9 Å². The average Bonchev–Trinajstić information content (AvgIpc) is 2.79. The number of rotatable bonds is 4. The summed E-state index contributed by atoms with van der Waals surface area (Å²) >= 11 is 2.93. The second-order valence-corrected chi connectivity index (χ2v) is 6.81. The van der Waals surface area contributed by atoms with Crippen molar-refractivity contribution in [2.24, 2.45) is 11.1 Å². The van der Waals surface area contributed by atoms with Crippen molar-refractivity contribution in [1.29, 1.82) is 0 Å². The molecule has 20 heavy (non-hydrogen) atoms. The van der Waals surface area contributed by atoms with Crippen LogP contribution in [-0.2, 0) is 14.8 Å². The molecule has 1 amide bonds. The first-order chi connectivity index (χ1) is 9.38. The minimum absolute atomic E-state index is 0.0729. The van der Waals surface area contributed by atoms with Crippen LogP contribution in [0.2, 0.25) is 0 Å². The van der Waals surface area contributed by atoms with Crippen LogP contribution in [0.5, 0.6) is 0 Å². The molecule has 9 heteroatoms. The molecular formula is C11H15BrN2O5S. The van der Waals surface area contributed by atoms with Gasteiger partial charge >= 0.3 is 0 Å². The first-order valence-corrected chi connectivity index (χ1v) is 8.40. The molecule has 0 aliphatic carbocycles. The van der Waals surface area contributed by atoms with E-state index >= 15 is 0 Å². The largest absolute Gasteiger partial charge is 0.443 e. The van der Waals surface area contributed by atoms with Gasteiger partial charge in [-0.15, -0.1) is 0 Å². The van der Waals surface area contributed by atoms with Gasteiger partial charge in [0.2, 0.25) is 10.0 Å². The Morgan fingerprint density at radius 3 is 2.65 bits per heavy atom. The third-order valence-electron chi connectivity index (χ3n) is 3.08. The van der Waals surface area contributed by atoms with Gasteiger partial charge in [0, 0.05) is 25.8 Å². The number of halogens is 1. The molecule has 2 rings (SSSR count). The molecule has 0 spiro atoms. The SMILES string of the molecule is NS(=O)(=O)c1cc(C(=O)NCC2CCOCC2)oc1Br. The molecule has 1 aromatic heterocycles. The van der Waals surface area contributed by atoms with E-state index in [1.54, 1.807) is 0 Å². The zero-order valence-corrected chi connectivity index (χ0v) is 13.0. The number of hydrogen-bond acceptors (Lipinski definition) is 5. The summed E-state index contributed by atoms with van der Waals surface area (Å²) in [6.07, 6.45) is 1.79. The van der Waals surface area contributed by atoms with Gasteiger partial charge in [0.15, 0.2) is 10.4 Å². The number of nitrogens with two attached hydrogens (primary N) is 1. The highest BCUT2D eigenvalue weighted by Crippen LogP contribution is 2.25. The van der Waals surface area contributed by atoms with Crippen LogP contribution in [0.15, 0.2) is 20.0 Å². The minimum Gasteiger partial charge on any atom is -0.443 e. The number of amides is 1. The van der Waals surface area contributed by atoms with Crippen molar-refractivity contribution in [2.75, 3.05) is 19.8 Å². The molecule has 1 saturated heterocycles. The van der Waals surface area contributed by atoms with Gasteiger partial charge in [0.25, 0.3) is 5.91 Å². The van der Waals surface area contributed by atoms with Crippen LogP contribution in [0.3, 0.4) is 0 Å². The highest BCUT2D eigenvalue weighted by molar-refractivity contribution is 9.10. The lowest BCUT2D eigenvalue weighted by Crippen LogP contribution is -2.31. The maximum Gasteiger partial charge on any atom is 0.287 e. The van der Waals surface area contributed by atoms with Crippen LogP contribution >= 0.6 is 15.9 Å². The Balaban J connectivity index is 1.99. The number of hydrogen-bond donors (Lipinski definition) is 2. The molecule has 112 valence electrons. The number of nitrogens with one attached hydrogen (secondary N) is 1. The fraction of sp³-hybridized carbons (Fsp3) is 0.545. The molecule has 0 bridgehead atoms. The maximum atomic E-state index is 11.9. The summed E-state index contributed by atoms with van der Waals surface area (Å²) in [5.74, 6) is -0.191. The van der Waals surface area contributed by atoms with Crippen LogP contribution in [-0.4, -0.2) is 34.1 Å². The summed E-state index contributed by atoms with van der Waals surface area (Å²) in [5, 5.41) is 7.71. The van der Waals surface area contributed by atoms with Crippen molar-refractivity contribution < 1.29 is 22.4 Å². The van der Waals surface area contributed by atoms with Gasteiger partial charge in [-0.25, -0.2) is 13.6 Å². The molecule has 0 aromatic carbocycles. The summed E-state index contributed by atoms with van der Waals surface area (Å²) in [7, 11) is -3.92. The van der Waals surface area contributed by atoms with Crippen LogP contribution in [0, 0.1) is 5.92 Å². The fourth-order valence-electron chi connectivity index (χ4n) is 1.93. The van der Waals surface area contributed by atoms with Crippen molar-refractivity contribution in [1.82, 2.24) is 5.32 Å². The quantitative estimate of drug-likeness (QED) is 0.819. The highest BCUT2D eigenvalue weighted by Gasteiger charge is 2.23. The van der Waals surface area contributed by atoms with Crippen molar-refractivity contribution in [2.45, 2.75) is 17.7 Å². The van der Waals surface area contributed by atoms with Crippen LogP contribution in [0.4, 0.5) is 0 Å². The van der Waals surface area contributed by atoms with Crippen LogP contribution < -0.4 is 10.5 Å². The number of sulfonamides is 1. The van der Waals surface area contributed by atoms with Crippen LogP contribution in [0.1, 0.15) is 23.4 Å². The van der Waals surface area contributed by atoms with Crippen molar-refractivity contribution in [3.05, 3.63) is 16.5 Å².